The molecule has 29 heavy (non-hydrogen) atoms. The van der Waals surface area contributed by atoms with Crippen molar-refractivity contribution >= 4 is 48.3 Å². The van der Waals surface area contributed by atoms with E-state index >= 15 is 0 Å². The van der Waals surface area contributed by atoms with E-state index in [1.165, 1.54) is 49.7 Å². The third-order valence-electron chi connectivity index (χ3n) is 4.76. The van der Waals surface area contributed by atoms with Gasteiger partial charge in [-0.05, 0) is 35.7 Å². The summed E-state index contributed by atoms with van der Waals surface area (Å²) >= 11 is 1.45. The highest BCUT2D eigenvalue weighted by Gasteiger charge is 2.17. The zero-order chi connectivity index (χ0) is 20.8. The van der Waals surface area contributed by atoms with Crippen LogP contribution in [0.3, 0.4) is 0 Å². The number of nitrogens with zero attached hydrogens (tertiary/aromatic N) is 3. The van der Waals surface area contributed by atoms with Crippen molar-refractivity contribution in [3.05, 3.63) is 71.0 Å². The first kappa shape index (κ1) is 19.5. The maximum atomic E-state index is 12.7. The van der Waals surface area contributed by atoms with Crippen LogP contribution in [0.1, 0.15) is 10.4 Å². The largest absolute Gasteiger partial charge is 0.319 e. The SMILES string of the molecule is CN(C)S(=O)(=O)c1ccc(C(=O)N=c2sc3ccc4ccccc4c3n2C)cc1. The molecule has 3 aromatic carbocycles. The monoisotopic (exact) mass is 425 g/mol. The predicted molar refractivity (Wildman–Crippen MR) is 116 cm³/mol. The number of aryl methyl sites for hydroxylation is 1. The van der Waals surface area contributed by atoms with Gasteiger partial charge in [0, 0.05) is 32.1 Å². The molecule has 4 rings (SSSR count). The number of thiazole rings is 1. The number of rotatable bonds is 3. The summed E-state index contributed by atoms with van der Waals surface area (Å²) in [7, 11) is 1.29. The Hall–Kier alpha value is -2.81. The zero-order valence-corrected chi connectivity index (χ0v) is 17.8. The summed E-state index contributed by atoms with van der Waals surface area (Å²) in [5, 5.41) is 2.24. The Morgan fingerprint density at radius 1 is 1.00 bits per heavy atom. The van der Waals surface area contributed by atoms with E-state index in [1.807, 2.05) is 29.8 Å². The molecule has 4 aromatic rings. The molecule has 0 N–H and O–H groups in total. The number of fused-ring (bicyclic) bond motifs is 3. The van der Waals surface area contributed by atoms with Crippen LogP contribution < -0.4 is 4.80 Å². The van der Waals surface area contributed by atoms with Crippen LogP contribution in [0.25, 0.3) is 21.0 Å². The number of benzene rings is 3. The van der Waals surface area contributed by atoms with Crippen molar-refractivity contribution in [2.75, 3.05) is 14.1 Å². The summed E-state index contributed by atoms with van der Waals surface area (Å²) in [6.07, 6.45) is 0. The zero-order valence-electron chi connectivity index (χ0n) is 16.2. The average Bonchev–Trinajstić information content (AvgIpc) is 3.03. The third-order valence-corrected chi connectivity index (χ3v) is 7.69. The smallest absolute Gasteiger partial charge is 0.279 e. The summed E-state index contributed by atoms with van der Waals surface area (Å²) in [4.78, 5) is 17.7. The van der Waals surface area contributed by atoms with Crippen molar-refractivity contribution in [3.8, 4) is 0 Å². The topological polar surface area (TPSA) is 71.7 Å². The van der Waals surface area contributed by atoms with Gasteiger partial charge in [0.25, 0.3) is 5.91 Å². The van der Waals surface area contributed by atoms with Crippen LogP contribution >= 0.6 is 11.3 Å². The van der Waals surface area contributed by atoms with Crippen molar-refractivity contribution < 1.29 is 13.2 Å². The van der Waals surface area contributed by atoms with Gasteiger partial charge in [-0.15, -0.1) is 0 Å². The van der Waals surface area contributed by atoms with Gasteiger partial charge >= 0.3 is 0 Å². The molecule has 6 nitrogen and oxygen atoms in total. The quantitative estimate of drug-likeness (QED) is 0.505. The van der Waals surface area contributed by atoms with Gasteiger partial charge in [-0.1, -0.05) is 41.7 Å². The molecule has 0 aliphatic carbocycles. The molecule has 1 amide bonds. The second-order valence-electron chi connectivity index (χ2n) is 6.81. The fourth-order valence-electron chi connectivity index (χ4n) is 3.16. The van der Waals surface area contributed by atoms with Crippen molar-refractivity contribution in [1.82, 2.24) is 8.87 Å². The summed E-state index contributed by atoms with van der Waals surface area (Å²) < 4.78 is 28.4. The number of hydrogen-bond donors (Lipinski definition) is 0. The van der Waals surface area contributed by atoms with Crippen LogP contribution in [0.4, 0.5) is 0 Å². The van der Waals surface area contributed by atoms with Gasteiger partial charge in [0.1, 0.15) is 0 Å². The highest BCUT2D eigenvalue weighted by Crippen LogP contribution is 2.26. The van der Waals surface area contributed by atoms with E-state index in [-0.39, 0.29) is 4.90 Å². The molecular formula is C21H19N3O3S2. The lowest BCUT2D eigenvalue weighted by Crippen LogP contribution is -2.22. The summed E-state index contributed by atoms with van der Waals surface area (Å²) in [6, 6.07) is 18.0. The van der Waals surface area contributed by atoms with Gasteiger partial charge in [-0.3, -0.25) is 4.79 Å². The molecule has 0 saturated heterocycles. The van der Waals surface area contributed by atoms with Crippen LogP contribution in [0, 0.1) is 0 Å². The Bertz CT molecular complexity index is 1410. The number of carbonyl (C=O) groups excluding carboxylic acids is 1. The van der Waals surface area contributed by atoms with Crippen molar-refractivity contribution in [3.63, 3.8) is 0 Å². The highest BCUT2D eigenvalue weighted by atomic mass is 32.2. The van der Waals surface area contributed by atoms with Gasteiger partial charge in [0.15, 0.2) is 4.80 Å². The van der Waals surface area contributed by atoms with Crippen molar-refractivity contribution in [2.24, 2.45) is 12.0 Å². The summed E-state index contributed by atoms with van der Waals surface area (Å²) in [5.74, 6) is -0.412. The van der Waals surface area contributed by atoms with E-state index in [0.29, 0.717) is 10.4 Å². The predicted octanol–water partition coefficient (Wildman–Crippen LogP) is 3.38. The van der Waals surface area contributed by atoms with Gasteiger partial charge in [0.05, 0.1) is 15.1 Å². The van der Waals surface area contributed by atoms with E-state index < -0.39 is 15.9 Å². The Balaban J connectivity index is 1.77. The molecule has 0 saturated carbocycles. The van der Waals surface area contributed by atoms with Gasteiger partial charge in [-0.25, -0.2) is 12.7 Å². The lowest BCUT2D eigenvalue weighted by atomic mass is 10.1. The Labute approximate surface area is 172 Å². The van der Waals surface area contributed by atoms with Gasteiger partial charge in [0.2, 0.25) is 10.0 Å². The lowest BCUT2D eigenvalue weighted by molar-refractivity contribution is 0.0998. The number of hydrogen-bond acceptors (Lipinski definition) is 4. The fourth-order valence-corrected chi connectivity index (χ4v) is 5.09. The third kappa shape index (κ3) is 3.39. The molecule has 1 aromatic heterocycles. The first-order chi connectivity index (χ1) is 13.8. The van der Waals surface area contributed by atoms with Crippen LogP contribution in [0.5, 0.6) is 0 Å². The Kier molecular flexibility index (Phi) is 4.85. The molecule has 0 unspecified atom stereocenters. The Morgan fingerprint density at radius 2 is 1.69 bits per heavy atom. The number of sulfonamides is 1. The number of amides is 1. The van der Waals surface area contributed by atoms with Crippen molar-refractivity contribution in [2.45, 2.75) is 4.90 Å². The molecule has 148 valence electrons. The lowest BCUT2D eigenvalue weighted by Gasteiger charge is -2.11. The Morgan fingerprint density at radius 3 is 2.38 bits per heavy atom. The van der Waals surface area contributed by atoms with Crippen LogP contribution in [-0.4, -0.2) is 37.3 Å². The minimum absolute atomic E-state index is 0.137. The second-order valence-corrected chi connectivity index (χ2v) is 9.97. The molecular weight excluding hydrogens is 406 g/mol. The summed E-state index contributed by atoms with van der Waals surface area (Å²) in [5.41, 5.74) is 1.37. The molecule has 0 bridgehead atoms. The van der Waals surface area contributed by atoms with Gasteiger partial charge in [-0.2, -0.15) is 4.99 Å². The maximum absolute atomic E-state index is 12.7. The van der Waals surface area contributed by atoms with Crippen LogP contribution in [-0.2, 0) is 17.1 Å². The first-order valence-corrected chi connectivity index (χ1v) is 11.1. The molecule has 1 heterocycles. The standard InChI is InChI=1S/C21H19N3O3S2/c1-23(2)29(26,27)16-11-8-15(9-12-16)20(25)22-21-24(3)19-17-7-5-4-6-14(17)10-13-18(19)28-21/h4-13H,1-3H3. The molecule has 0 spiro atoms. The van der Waals surface area contributed by atoms with E-state index in [9.17, 15) is 13.2 Å². The van der Waals surface area contributed by atoms with Crippen LogP contribution in [0.2, 0.25) is 0 Å². The number of aromatic nitrogens is 1. The molecule has 0 fully saturated rings. The minimum atomic E-state index is -3.53. The molecule has 0 aliphatic heterocycles. The molecule has 0 radical (unpaired) electrons. The minimum Gasteiger partial charge on any atom is -0.319 e. The van der Waals surface area contributed by atoms with E-state index in [1.54, 1.807) is 0 Å². The summed E-state index contributed by atoms with van der Waals surface area (Å²) in [6.45, 7) is 0. The first-order valence-electron chi connectivity index (χ1n) is 8.88. The second kappa shape index (κ2) is 7.22. The fraction of sp³-hybridized carbons (Fsp3) is 0.143. The normalized spacial score (nSPS) is 12.9. The molecule has 0 atom stereocenters. The van der Waals surface area contributed by atoms with Crippen molar-refractivity contribution in [1.29, 1.82) is 0 Å². The molecule has 0 aliphatic rings. The van der Waals surface area contributed by atoms with E-state index in [2.05, 4.69) is 23.2 Å². The average molecular weight is 426 g/mol. The molecule has 8 heteroatoms. The number of carbonyl (C=O) groups is 1. The van der Waals surface area contributed by atoms with E-state index in [0.717, 1.165) is 25.3 Å². The highest BCUT2D eigenvalue weighted by molar-refractivity contribution is 7.89. The maximum Gasteiger partial charge on any atom is 0.279 e. The van der Waals surface area contributed by atoms with E-state index in [4.69, 9.17) is 0 Å². The van der Waals surface area contributed by atoms with Gasteiger partial charge < -0.3 is 4.57 Å². The van der Waals surface area contributed by atoms with Crippen LogP contribution in [0.15, 0.2) is 70.6 Å².